The van der Waals surface area contributed by atoms with E-state index >= 15 is 0 Å². The Kier molecular flexibility index (Phi) is 4.20. The molecule has 2 aromatic rings. The Morgan fingerprint density at radius 2 is 1.86 bits per heavy atom. The summed E-state index contributed by atoms with van der Waals surface area (Å²) in [5, 5.41) is 3.32. The number of nitrogens with two attached hydrogens (primary N) is 1. The molecule has 0 radical (unpaired) electrons. The van der Waals surface area contributed by atoms with Crippen molar-refractivity contribution in [2.75, 3.05) is 31.2 Å². The van der Waals surface area contributed by atoms with E-state index in [0.29, 0.717) is 11.6 Å². The molecule has 21 heavy (non-hydrogen) atoms. The molecule has 0 saturated heterocycles. The van der Waals surface area contributed by atoms with E-state index in [-0.39, 0.29) is 0 Å². The number of fused-ring (bicyclic) bond motifs is 1. The number of nitrogens with one attached hydrogen (secondary N) is 1. The number of anilines is 2. The average Bonchev–Trinajstić information content (AvgIpc) is 3.02. The molecule has 0 aliphatic heterocycles. The number of nitrogen functional groups attached to an aromatic ring is 1. The van der Waals surface area contributed by atoms with Crippen molar-refractivity contribution in [1.82, 2.24) is 14.9 Å². The minimum absolute atomic E-state index is 0.470. The van der Waals surface area contributed by atoms with Gasteiger partial charge in [-0.1, -0.05) is 25.0 Å². The van der Waals surface area contributed by atoms with Gasteiger partial charge in [0.05, 0.1) is 11.0 Å². The highest BCUT2D eigenvalue weighted by molar-refractivity contribution is 5.79. The molecule has 1 saturated carbocycles. The number of para-hydroxylation sites is 2. The van der Waals surface area contributed by atoms with Gasteiger partial charge in [-0.3, -0.25) is 0 Å². The first-order valence-electron chi connectivity index (χ1n) is 7.70. The van der Waals surface area contributed by atoms with Crippen LogP contribution < -0.4 is 11.1 Å². The highest BCUT2D eigenvalue weighted by atomic mass is 15.2. The van der Waals surface area contributed by atoms with Gasteiger partial charge in [0.15, 0.2) is 11.6 Å². The van der Waals surface area contributed by atoms with Crippen molar-refractivity contribution in [3.05, 3.63) is 24.3 Å². The molecule has 0 bridgehead atoms. The SMILES string of the molecule is CN(CCNc1nc2ccccc2nc1N)C1CCCC1. The van der Waals surface area contributed by atoms with Crippen LogP contribution in [0.5, 0.6) is 0 Å². The van der Waals surface area contributed by atoms with Gasteiger partial charge in [-0.15, -0.1) is 0 Å². The highest BCUT2D eigenvalue weighted by Gasteiger charge is 2.18. The molecule has 3 rings (SSSR count). The second kappa shape index (κ2) is 6.26. The van der Waals surface area contributed by atoms with Crippen LogP contribution >= 0.6 is 0 Å². The summed E-state index contributed by atoms with van der Waals surface area (Å²) in [6, 6.07) is 8.53. The number of rotatable bonds is 5. The molecular formula is C16H23N5. The zero-order chi connectivity index (χ0) is 14.7. The zero-order valence-electron chi connectivity index (χ0n) is 12.5. The van der Waals surface area contributed by atoms with Crippen molar-refractivity contribution in [2.24, 2.45) is 0 Å². The number of aromatic nitrogens is 2. The van der Waals surface area contributed by atoms with E-state index in [0.717, 1.165) is 30.2 Å². The van der Waals surface area contributed by atoms with Crippen LogP contribution in [0.1, 0.15) is 25.7 Å². The van der Waals surface area contributed by atoms with Crippen LogP contribution in [-0.2, 0) is 0 Å². The summed E-state index contributed by atoms with van der Waals surface area (Å²) in [7, 11) is 2.20. The Hall–Kier alpha value is -1.88. The first kappa shape index (κ1) is 14.1. The van der Waals surface area contributed by atoms with Gasteiger partial charge in [0.25, 0.3) is 0 Å². The molecule has 0 amide bonds. The van der Waals surface area contributed by atoms with E-state index in [4.69, 9.17) is 5.73 Å². The van der Waals surface area contributed by atoms with Crippen LogP contribution in [-0.4, -0.2) is 41.0 Å². The Balaban J connectivity index is 1.61. The smallest absolute Gasteiger partial charge is 0.169 e. The van der Waals surface area contributed by atoms with Gasteiger partial charge < -0.3 is 16.0 Å². The first-order chi connectivity index (χ1) is 10.2. The summed E-state index contributed by atoms with van der Waals surface area (Å²) in [5.74, 6) is 1.16. The fourth-order valence-electron chi connectivity index (χ4n) is 3.02. The van der Waals surface area contributed by atoms with Gasteiger partial charge in [-0.05, 0) is 32.0 Å². The maximum Gasteiger partial charge on any atom is 0.169 e. The van der Waals surface area contributed by atoms with Gasteiger partial charge in [-0.2, -0.15) is 0 Å². The molecule has 0 spiro atoms. The molecule has 1 heterocycles. The number of hydrogen-bond donors (Lipinski definition) is 2. The number of benzene rings is 1. The van der Waals surface area contributed by atoms with Gasteiger partial charge >= 0.3 is 0 Å². The van der Waals surface area contributed by atoms with Gasteiger partial charge in [-0.25, -0.2) is 9.97 Å². The molecule has 5 nitrogen and oxygen atoms in total. The van der Waals surface area contributed by atoms with E-state index in [1.807, 2.05) is 24.3 Å². The summed E-state index contributed by atoms with van der Waals surface area (Å²) in [6.07, 6.45) is 5.39. The Morgan fingerprint density at radius 1 is 1.19 bits per heavy atom. The van der Waals surface area contributed by atoms with Crippen LogP contribution in [0.3, 0.4) is 0 Å². The van der Waals surface area contributed by atoms with E-state index in [2.05, 4.69) is 27.2 Å². The lowest BCUT2D eigenvalue weighted by Gasteiger charge is -2.24. The lowest BCUT2D eigenvalue weighted by Crippen LogP contribution is -2.33. The minimum atomic E-state index is 0.470. The van der Waals surface area contributed by atoms with Crippen molar-refractivity contribution in [2.45, 2.75) is 31.7 Å². The molecule has 1 aliphatic rings. The maximum absolute atomic E-state index is 5.98. The van der Waals surface area contributed by atoms with Crippen LogP contribution in [0, 0.1) is 0 Å². The zero-order valence-corrected chi connectivity index (χ0v) is 12.5. The summed E-state index contributed by atoms with van der Waals surface area (Å²) in [6.45, 7) is 1.84. The fourth-order valence-corrected chi connectivity index (χ4v) is 3.02. The van der Waals surface area contributed by atoms with E-state index < -0.39 is 0 Å². The molecule has 112 valence electrons. The van der Waals surface area contributed by atoms with Crippen molar-refractivity contribution < 1.29 is 0 Å². The Labute approximate surface area is 125 Å². The lowest BCUT2D eigenvalue weighted by molar-refractivity contribution is 0.254. The molecule has 1 aromatic heterocycles. The fraction of sp³-hybridized carbons (Fsp3) is 0.500. The summed E-state index contributed by atoms with van der Waals surface area (Å²) in [5.41, 5.74) is 7.69. The number of hydrogen-bond acceptors (Lipinski definition) is 5. The second-order valence-electron chi connectivity index (χ2n) is 5.79. The molecule has 3 N–H and O–H groups in total. The molecule has 5 heteroatoms. The van der Waals surface area contributed by atoms with Gasteiger partial charge in [0.2, 0.25) is 0 Å². The predicted molar refractivity (Wildman–Crippen MR) is 87.3 cm³/mol. The van der Waals surface area contributed by atoms with Crippen LogP contribution in [0.2, 0.25) is 0 Å². The van der Waals surface area contributed by atoms with Crippen LogP contribution in [0.4, 0.5) is 11.6 Å². The van der Waals surface area contributed by atoms with Gasteiger partial charge in [0.1, 0.15) is 0 Å². The third-order valence-corrected chi connectivity index (χ3v) is 4.30. The predicted octanol–water partition coefficient (Wildman–Crippen LogP) is 2.50. The van der Waals surface area contributed by atoms with E-state index in [1.165, 1.54) is 25.7 Å². The standard InChI is InChI=1S/C16H23N5/c1-21(12-6-2-3-7-12)11-10-18-16-15(17)19-13-8-4-5-9-14(13)20-16/h4-5,8-9,12H,2-3,6-7,10-11H2,1H3,(H2,17,19)(H,18,20). The third-order valence-electron chi connectivity index (χ3n) is 4.30. The van der Waals surface area contributed by atoms with Crippen molar-refractivity contribution in [3.63, 3.8) is 0 Å². The van der Waals surface area contributed by atoms with Crippen LogP contribution in [0.15, 0.2) is 24.3 Å². The molecular weight excluding hydrogens is 262 g/mol. The first-order valence-corrected chi connectivity index (χ1v) is 7.70. The van der Waals surface area contributed by atoms with Gasteiger partial charge in [0, 0.05) is 19.1 Å². The lowest BCUT2D eigenvalue weighted by atomic mass is 10.2. The molecule has 1 aromatic carbocycles. The Bertz CT molecular complexity index is 607. The summed E-state index contributed by atoms with van der Waals surface area (Å²) in [4.78, 5) is 11.4. The third kappa shape index (κ3) is 3.24. The molecule has 1 aliphatic carbocycles. The van der Waals surface area contributed by atoms with Crippen molar-refractivity contribution in [3.8, 4) is 0 Å². The normalized spacial score (nSPS) is 15.9. The monoisotopic (exact) mass is 285 g/mol. The number of nitrogens with zero attached hydrogens (tertiary/aromatic N) is 3. The average molecular weight is 285 g/mol. The van der Waals surface area contributed by atoms with E-state index in [1.54, 1.807) is 0 Å². The molecule has 0 unspecified atom stereocenters. The van der Waals surface area contributed by atoms with Crippen molar-refractivity contribution >= 4 is 22.7 Å². The minimum Gasteiger partial charge on any atom is -0.381 e. The van der Waals surface area contributed by atoms with Crippen molar-refractivity contribution in [1.29, 1.82) is 0 Å². The summed E-state index contributed by atoms with van der Waals surface area (Å²) < 4.78 is 0. The maximum atomic E-state index is 5.98. The van der Waals surface area contributed by atoms with Crippen LogP contribution in [0.25, 0.3) is 11.0 Å². The second-order valence-corrected chi connectivity index (χ2v) is 5.79. The highest BCUT2D eigenvalue weighted by Crippen LogP contribution is 2.22. The summed E-state index contributed by atoms with van der Waals surface area (Å²) >= 11 is 0. The molecule has 1 fully saturated rings. The van der Waals surface area contributed by atoms with E-state index in [9.17, 15) is 0 Å². The largest absolute Gasteiger partial charge is 0.381 e. The Morgan fingerprint density at radius 3 is 2.57 bits per heavy atom. The quantitative estimate of drug-likeness (QED) is 0.883. The topological polar surface area (TPSA) is 67.1 Å². The molecule has 0 atom stereocenters. The number of likely N-dealkylation sites (N-methyl/N-ethyl adjacent to an activating group) is 1.